The summed E-state index contributed by atoms with van der Waals surface area (Å²) in [4.78, 5) is 29.3. The average Bonchev–Trinajstić information content (AvgIpc) is 3.38. The highest BCUT2D eigenvalue weighted by atomic mass is 32.2. The number of nitrogens with zero attached hydrogens (tertiary/aromatic N) is 3. The van der Waals surface area contributed by atoms with Crippen LogP contribution in [0, 0.1) is 5.92 Å². The van der Waals surface area contributed by atoms with Crippen LogP contribution < -0.4 is 4.31 Å². The van der Waals surface area contributed by atoms with Crippen molar-refractivity contribution >= 4 is 27.5 Å². The van der Waals surface area contributed by atoms with E-state index in [4.69, 9.17) is 0 Å². The van der Waals surface area contributed by atoms with E-state index in [0.717, 1.165) is 12.8 Å². The second-order valence-electron chi connectivity index (χ2n) is 9.06. The maximum absolute atomic E-state index is 13.2. The van der Waals surface area contributed by atoms with Crippen molar-refractivity contribution in [3.63, 3.8) is 0 Å². The molecule has 0 radical (unpaired) electrons. The van der Waals surface area contributed by atoms with E-state index in [1.807, 2.05) is 11.0 Å². The second-order valence-corrected chi connectivity index (χ2v) is 10.9. The number of carbonyl (C=O) groups is 2. The molecule has 2 fully saturated rings. The fraction of sp³-hybridized carbons (Fsp3) is 0.462. The number of sulfonamides is 1. The Bertz CT molecular complexity index is 1090. The first kappa shape index (κ1) is 24.3. The molecule has 1 saturated heterocycles. The van der Waals surface area contributed by atoms with E-state index in [2.05, 4.69) is 0 Å². The zero-order valence-corrected chi connectivity index (χ0v) is 20.5. The van der Waals surface area contributed by atoms with Gasteiger partial charge in [-0.15, -0.1) is 0 Å². The molecule has 2 amide bonds. The molecule has 4 rings (SSSR count). The number of rotatable bonds is 7. The number of carbonyl (C=O) groups excluding carboxylic acids is 2. The van der Waals surface area contributed by atoms with Crippen LogP contribution >= 0.6 is 0 Å². The lowest BCUT2D eigenvalue weighted by Gasteiger charge is -2.35. The van der Waals surface area contributed by atoms with Crippen molar-refractivity contribution in [1.82, 2.24) is 9.80 Å². The van der Waals surface area contributed by atoms with Gasteiger partial charge in [0.25, 0.3) is 15.9 Å². The summed E-state index contributed by atoms with van der Waals surface area (Å²) in [6.45, 7) is 4.18. The van der Waals surface area contributed by atoms with Crippen LogP contribution in [0.2, 0.25) is 0 Å². The van der Waals surface area contributed by atoms with Crippen molar-refractivity contribution in [2.24, 2.45) is 5.92 Å². The number of para-hydroxylation sites is 1. The lowest BCUT2D eigenvalue weighted by atomic mass is 10.0. The SMILES string of the molecule is CCN(c1ccccc1)S(=O)(=O)c1ccc(C(=O)N2CCN(C(=O)CC3CCCC3)CC2)cc1. The quantitative estimate of drug-likeness (QED) is 0.601. The van der Waals surface area contributed by atoms with E-state index in [-0.39, 0.29) is 16.7 Å². The Morgan fingerprint density at radius 1 is 0.882 bits per heavy atom. The molecule has 7 nitrogen and oxygen atoms in total. The molecule has 8 heteroatoms. The van der Waals surface area contributed by atoms with Gasteiger partial charge in [0.05, 0.1) is 10.6 Å². The van der Waals surface area contributed by atoms with E-state index in [1.54, 1.807) is 48.2 Å². The zero-order chi connectivity index (χ0) is 24.1. The molecule has 0 spiro atoms. The molecule has 0 atom stereocenters. The standard InChI is InChI=1S/C26H33N3O4S/c1-2-29(23-10-4-3-5-11-23)34(32,33)24-14-12-22(13-15-24)26(31)28-18-16-27(17-19-28)25(30)20-21-8-6-7-9-21/h3-5,10-15,21H,2,6-9,16-20H2,1H3. The number of amides is 2. The van der Waals surface area contributed by atoms with Gasteiger partial charge in [-0.3, -0.25) is 13.9 Å². The first-order valence-corrected chi connectivity index (χ1v) is 13.6. The van der Waals surface area contributed by atoms with Gasteiger partial charge in [0.1, 0.15) is 0 Å². The predicted octanol–water partition coefficient (Wildman–Crippen LogP) is 3.77. The van der Waals surface area contributed by atoms with Crippen molar-refractivity contribution in [3.8, 4) is 0 Å². The van der Waals surface area contributed by atoms with E-state index >= 15 is 0 Å². The summed E-state index contributed by atoms with van der Waals surface area (Å²) in [5, 5.41) is 0. The van der Waals surface area contributed by atoms with E-state index in [9.17, 15) is 18.0 Å². The third-order valence-electron chi connectivity index (χ3n) is 6.88. The molecule has 2 aromatic carbocycles. The van der Waals surface area contributed by atoms with Crippen molar-refractivity contribution in [2.75, 3.05) is 37.0 Å². The average molecular weight is 484 g/mol. The van der Waals surface area contributed by atoms with Gasteiger partial charge in [-0.05, 0) is 62.1 Å². The molecule has 1 aliphatic heterocycles. The Morgan fingerprint density at radius 3 is 2.06 bits per heavy atom. The summed E-state index contributed by atoms with van der Waals surface area (Å²) in [6, 6.07) is 15.1. The number of hydrogen-bond acceptors (Lipinski definition) is 4. The second kappa shape index (κ2) is 10.6. The molecule has 1 heterocycles. The lowest BCUT2D eigenvalue weighted by molar-refractivity contribution is -0.133. The number of piperazine rings is 1. The molecule has 34 heavy (non-hydrogen) atoms. The monoisotopic (exact) mass is 483 g/mol. The normalized spacial score (nSPS) is 17.1. The first-order chi connectivity index (χ1) is 16.4. The van der Waals surface area contributed by atoms with E-state index < -0.39 is 10.0 Å². The van der Waals surface area contributed by atoms with E-state index in [1.165, 1.54) is 29.3 Å². The molecule has 182 valence electrons. The fourth-order valence-electron chi connectivity index (χ4n) is 4.91. The Morgan fingerprint density at radius 2 is 1.47 bits per heavy atom. The topological polar surface area (TPSA) is 78.0 Å². The van der Waals surface area contributed by atoms with Crippen LogP contribution in [0.4, 0.5) is 5.69 Å². The van der Waals surface area contributed by atoms with Gasteiger partial charge in [0.15, 0.2) is 0 Å². The van der Waals surface area contributed by atoms with Crippen LogP contribution in [-0.4, -0.2) is 62.8 Å². The van der Waals surface area contributed by atoms with Crippen LogP contribution in [0.1, 0.15) is 49.4 Å². The van der Waals surface area contributed by atoms with Gasteiger partial charge in [-0.2, -0.15) is 0 Å². The molecule has 0 aromatic heterocycles. The lowest BCUT2D eigenvalue weighted by Crippen LogP contribution is -2.50. The Labute approximate surface area is 202 Å². The van der Waals surface area contributed by atoms with Gasteiger partial charge in [-0.1, -0.05) is 31.0 Å². The molecule has 1 aliphatic carbocycles. The zero-order valence-electron chi connectivity index (χ0n) is 19.7. The van der Waals surface area contributed by atoms with Gasteiger partial charge in [0.2, 0.25) is 5.91 Å². The van der Waals surface area contributed by atoms with Crippen LogP contribution in [0.5, 0.6) is 0 Å². The highest BCUT2D eigenvalue weighted by Crippen LogP contribution is 2.28. The third kappa shape index (κ3) is 5.27. The summed E-state index contributed by atoms with van der Waals surface area (Å²) in [5.41, 5.74) is 1.05. The van der Waals surface area contributed by atoms with Gasteiger partial charge in [0, 0.05) is 44.7 Å². The van der Waals surface area contributed by atoms with Crippen molar-refractivity contribution in [3.05, 3.63) is 60.2 Å². The van der Waals surface area contributed by atoms with Crippen molar-refractivity contribution in [2.45, 2.75) is 43.9 Å². The van der Waals surface area contributed by atoms with E-state index in [0.29, 0.717) is 56.3 Å². The Kier molecular flexibility index (Phi) is 7.56. The van der Waals surface area contributed by atoms with Crippen molar-refractivity contribution < 1.29 is 18.0 Å². The largest absolute Gasteiger partial charge is 0.339 e. The molecule has 0 N–H and O–H groups in total. The first-order valence-electron chi connectivity index (χ1n) is 12.1. The molecule has 2 aliphatic rings. The molecule has 0 unspecified atom stereocenters. The van der Waals surface area contributed by atoms with Gasteiger partial charge >= 0.3 is 0 Å². The predicted molar refractivity (Wildman–Crippen MR) is 132 cm³/mol. The summed E-state index contributed by atoms with van der Waals surface area (Å²) in [5.74, 6) is 0.585. The minimum Gasteiger partial charge on any atom is -0.339 e. The highest BCUT2D eigenvalue weighted by molar-refractivity contribution is 7.92. The smallest absolute Gasteiger partial charge is 0.264 e. The van der Waals surface area contributed by atoms with Crippen LogP contribution in [0.3, 0.4) is 0 Å². The summed E-state index contributed by atoms with van der Waals surface area (Å²) < 4.78 is 27.7. The molecule has 1 saturated carbocycles. The summed E-state index contributed by atoms with van der Waals surface area (Å²) in [6.07, 6.45) is 5.38. The number of benzene rings is 2. The Hall–Kier alpha value is -2.87. The van der Waals surface area contributed by atoms with Crippen molar-refractivity contribution in [1.29, 1.82) is 0 Å². The number of anilines is 1. The molecule has 2 aromatic rings. The maximum Gasteiger partial charge on any atom is 0.264 e. The van der Waals surface area contributed by atoms with Gasteiger partial charge < -0.3 is 9.80 Å². The minimum absolute atomic E-state index is 0.137. The Balaban J connectivity index is 1.37. The minimum atomic E-state index is -3.73. The number of hydrogen-bond donors (Lipinski definition) is 0. The van der Waals surface area contributed by atoms with Crippen LogP contribution in [0.25, 0.3) is 0 Å². The molecular weight excluding hydrogens is 450 g/mol. The van der Waals surface area contributed by atoms with Crippen LogP contribution in [-0.2, 0) is 14.8 Å². The third-order valence-corrected chi connectivity index (χ3v) is 8.80. The fourth-order valence-corrected chi connectivity index (χ4v) is 6.39. The van der Waals surface area contributed by atoms with Crippen LogP contribution in [0.15, 0.2) is 59.5 Å². The summed E-state index contributed by atoms with van der Waals surface area (Å²) in [7, 11) is -3.73. The summed E-state index contributed by atoms with van der Waals surface area (Å²) >= 11 is 0. The maximum atomic E-state index is 13.2. The highest BCUT2D eigenvalue weighted by Gasteiger charge is 2.28. The molecule has 0 bridgehead atoms. The van der Waals surface area contributed by atoms with Gasteiger partial charge in [-0.25, -0.2) is 8.42 Å². The molecular formula is C26H33N3O4S.